The lowest BCUT2D eigenvalue weighted by Crippen LogP contribution is -2.70. The second kappa shape index (κ2) is 5.94. The maximum atomic E-state index is 13.9. The number of ether oxygens (including phenoxy) is 1. The second-order valence-corrected chi connectivity index (χ2v) is 12.7. The summed E-state index contributed by atoms with van der Waals surface area (Å²) in [5.41, 5.74) is 2.16. The minimum atomic E-state index is -3.44. The molecular weight excluding hydrogens is 428 g/mol. The molecule has 3 aliphatic heterocycles. The fraction of sp³-hybridized carbons (Fsp3) is 0.241. The van der Waals surface area contributed by atoms with Gasteiger partial charge in [0, 0.05) is 5.92 Å². The van der Waals surface area contributed by atoms with E-state index in [-0.39, 0.29) is 5.92 Å². The highest BCUT2D eigenvalue weighted by Gasteiger charge is 2.85. The predicted octanol–water partition coefficient (Wildman–Crippen LogP) is 5.56. The minimum Gasteiger partial charge on any atom is -0.348 e. The maximum Gasteiger partial charge on any atom is 0.162 e. The molecule has 2 saturated heterocycles. The lowest BCUT2D eigenvalue weighted by Gasteiger charge is -2.56. The van der Waals surface area contributed by atoms with Crippen molar-refractivity contribution in [2.24, 2.45) is 5.92 Å². The summed E-state index contributed by atoms with van der Waals surface area (Å²) in [4.78, 5) is 0. The number of rotatable bonds is 2. The third kappa shape index (κ3) is 2.00. The molecule has 3 heterocycles. The zero-order valence-electron chi connectivity index (χ0n) is 18.5. The van der Waals surface area contributed by atoms with Crippen LogP contribution < -0.4 is 0 Å². The number of fused-ring (bicyclic) bond motifs is 9. The Bertz CT molecular complexity index is 1540. The summed E-state index contributed by atoms with van der Waals surface area (Å²) in [7, 11) is -3.44. The van der Waals surface area contributed by atoms with Crippen LogP contribution in [0.3, 0.4) is 0 Å². The van der Waals surface area contributed by atoms with E-state index in [2.05, 4.69) is 36.4 Å². The van der Waals surface area contributed by atoms with Crippen LogP contribution in [0.25, 0.3) is 10.8 Å². The molecule has 0 amide bonds. The van der Waals surface area contributed by atoms with Crippen molar-refractivity contribution in [1.82, 2.24) is 0 Å². The Balaban J connectivity index is 1.67. The first-order chi connectivity index (χ1) is 15.8. The van der Waals surface area contributed by atoms with Crippen molar-refractivity contribution in [3.63, 3.8) is 0 Å². The van der Waals surface area contributed by atoms with Crippen LogP contribution in [0.15, 0.2) is 97.1 Å². The molecule has 0 saturated carbocycles. The van der Waals surface area contributed by atoms with Gasteiger partial charge in [-0.05, 0) is 59.0 Å². The van der Waals surface area contributed by atoms with Gasteiger partial charge in [-0.1, -0.05) is 84.9 Å². The first-order valence-electron chi connectivity index (χ1n) is 11.4. The van der Waals surface area contributed by atoms with Crippen molar-refractivity contribution in [2.45, 2.75) is 35.0 Å². The molecule has 3 nitrogen and oxygen atoms in total. The molecule has 4 heteroatoms. The molecule has 0 aromatic heterocycles. The first kappa shape index (κ1) is 19.5. The lowest BCUT2D eigenvalue weighted by molar-refractivity contribution is -0.0516. The molecule has 4 aromatic carbocycles. The van der Waals surface area contributed by atoms with Crippen molar-refractivity contribution >= 4 is 20.6 Å². The summed E-state index contributed by atoms with van der Waals surface area (Å²) in [6.07, 6.45) is 0. The molecule has 2 bridgehead atoms. The van der Waals surface area contributed by atoms with Gasteiger partial charge in [0.05, 0.1) is 4.75 Å². The quantitative estimate of drug-likeness (QED) is 0.400. The van der Waals surface area contributed by atoms with Gasteiger partial charge in [0.15, 0.2) is 9.84 Å². The molecule has 0 spiro atoms. The van der Waals surface area contributed by atoms with E-state index >= 15 is 0 Å². The summed E-state index contributed by atoms with van der Waals surface area (Å²) in [6, 6.07) is 32.8. The van der Waals surface area contributed by atoms with E-state index in [0.29, 0.717) is 0 Å². The molecule has 3 aliphatic rings. The molecule has 33 heavy (non-hydrogen) atoms. The summed E-state index contributed by atoms with van der Waals surface area (Å²) >= 11 is 0. The third-order valence-corrected chi connectivity index (χ3v) is 11.4. The Hall–Kier alpha value is -2.95. The van der Waals surface area contributed by atoms with Crippen LogP contribution in [-0.4, -0.2) is 18.4 Å². The zero-order chi connectivity index (χ0) is 22.6. The van der Waals surface area contributed by atoms with Crippen LogP contribution >= 0.6 is 0 Å². The number of hydrogen-bond acceptors (Lipinski definition) is 3. The van der Waals surface area contributed by atoms with Gasteiger partial charge in [0.2, 0.25) is 0 Å². The fourth-order valence-electron chi connectivity index (χ4n) is 6.94. The molecule has 164 valence electrons. The van der Waals surface area contributed by atoms with E-state index in [9.17, 15) is 8.42 Å². The molecule has 0 radical (unpaired) electrons. The molecule has 4 aromatic rings. The Morgan fingerprint density at radius 3 is 1.67 bits per heavy atom. The standard InChI is InChI=1S/C29H24O3S/c1-27(2)25-26(33(27,30)31)29(22-15-7-4-8-16-22)24-18-20-12-10-9-11-19(20)17-23(24)28(25,32-29)21-13-5-3-6-14-21/h3-18,25-26H,1-2H3/t25-,26+,28+,29+/m1/s1. The Morgan fingerprint density at radius 2 is 1.12 bits per heavy atom. The highest BCUT2D eigenvalue weighted by atomic mass is 32.2. The van der Waals surface area contributed by atoms with Crippen molar-refractivity contribution in [3.05, 3.63) is 119 Å². The minimum absolute atomic E-state index is 0.189. The average molecular weight is 453 g/mol. The fourth-order valence-corrected chi connectivity index (χ4v) is 9.66. The molecule has 0 unspecified atom stereocenters. The van der Waals surface area contributed by atoms with Gasteiger partial charge in [-0.3, -0.25) is 0 Å². The van der Waals surface area contributed by atoms with Crippen LogP contribution in [0.2, 0.25) is 0 Å². The second-order valence-electron chi connectivity index (χ2n) is 10.1. The number of sulfone groups is 1. The SMILES string of the molecule is CC1(C)[C@H]2[C@@H]([C@@]3(c4ccccc4)O[C@@]2(c2ccccc2)c2cc4ccccc4cc23)S1(=O)=O. The van der Waals surface area contributed by atoms with Gasteiger partial charge in [0.25, 0.3) is 0 Å². The summed E-state index contributed by atoms with van der Waals surface area (Å²) in [6.45, 7) is 3.75. The molecule has 7 rings (SSSR count). The lowest BCUT2D eigenvalue weighted by atomic mass is 9.61. The molecule has 2 fully saturated rings. The number of benzene rings is 4. The van der Waals surface area contributed by atoms with Gasteiger partial charge < -0.3 is 4.74 Å². The van der Waals surface area contributed by atoms with E-state index in [1.165, 1.54) is 0 Å². The molecule has 0 N–H and O–H groups in total. The van der Waals surface area contributed by atoms with Gasteiger partial charge >= 0.3 is 0 Å². The summed E-state index contributed by atoms with van der Waals surface area (Å²) < 4.78 is 34.1. The van der Waals surface area contributed by atoms with Gasteiger partial charge in [-0.15, -0.1) is 0 Å². The molecule has 0 aliphatic carbocycles. The summed E-state index contributed by atoms with van der Waals surface area (Å²) in [5.74, 6) is -0.189. The van der Waals surface area contributed by atoms with Crippen LogP contribution in [-0.2, 0) is 25.8 Å². The third-order valence-electron chi connectivity index (χ3n) is 8.37. The monoisotopic (exact) mass is 452 g/mol. The van der Waals surface area contributed by atoms with Crippen molar-refractivity contribution in [2.75, 3.05) is 0 Å². The smallest absolute Gasteiger partial charge is 0.162 e. The van der Waals surface area contributed by atoms with Crippen molar-refractivity contribution < 1.29 is 13.2 Å². The van der Waals surface area contributed by atoms with E-state index in [0.717, 1.165) is 33.0 Å². The van der Waals surface area contributed by atoms with Crippen LogP contribution in [0.4, 0.5) is 0 Å². The Labute approximate surface area is 194 Å². The number of hydrogen-bond donors (Lipinski definition) is 0. The van der Waals surface area contributed by atoms with Crippen LogP contribution in [0.5, 0.6) is 0 Å². The predicted molar refractivity (Wildman–Crippen MR) is 130 cm³/mol. The first-order valence-corrected chi connectivity index (χ1v) is 13.0. The Morgan fingerprint density at radius 1 is 0.667 bits per heavy atom. The summed E-state index contributed by atoms with van der Waals surface area (Å²) in [5, 5.41) is 1.61. The molecular formula is C29H24O3S. The van der Waals surface area contributed by atoms with Gasteiger partial charge in [0.1, 0.15) is 16.5 Å². The maximum absolute atomic E-state index is 13.9. The Kier molecular flexibility index (Phi) is 3.51. The highest BCUT2D eigenvalue weighted by molar-refractivity contribution is 7.95. The van der Waals surface area contributed by atoms with E-state index in [1.807, 2.05) is 74.5 Å². The van der Waals surface area contributed by atoms with E-state index in [1.54, 1.807) is 0 Å². The topological polar surface area (TPSA) is 43.4 Å². The normalized spacial score (nSPS) is 32.2. The average Bonchev–Trinajstić information content (AvgIpc) is 3.33. The van der Waals surface area contributed by atoms with Gasteiger partial charge in [-0.2, -0.15) is 0 Å². The van der Waals surface area contributed by atoms with Crippen molar-refractivity contribution in [1.29, 1.82) is 0 Å². The molecule has 4 atom stereocenters. The van der Waals surface area contributed by atoms with E-state index < -0.39 is 31.0 Å². The zero-order valence-corrected chi connectivity index (χ0v) is 19.3. The van der Waals surface area contributed by atoms with Crippen LogP contribution in [0, 0.1) is 5.92 Å². The van der Waals surface area contributed by atoms with Gasteiger partial charge in [-0.25, -0.2) is 8.42 Å². The highest BCUT2D eigenvalue weighted by Crippen LogP contribution is 2.75. The van der Waals surface area contributed by atoms with E-state index in [4.69, 9.17) is 4.74 Å². The van der Waals surface area contributed by atoms with Crippen LogP contribution in [0.1, 0.15) is 36.1 Å². The van der Waals surface area contributed by atoms with Crippen molar-refractivity contribution in [3.8, 4) is 0 Å². The largest absolute Gasteiger partial charge is 0.348 e.